The molecule has 0 bridgehead atoms. The van der Waals surface area contributed by atoms with Crippen molar-refractivity contribution >= 4 is 27.5 Å². The Morgan fingerprint density at radius 1 is 1.16 bits per heavy atom. The van der Waals surface area contributed by atoms with Gasteiger partial charge >= 0.3 is 0 Å². The fraction of sp³-hybridized carbons (Fsp3) is 0.200. The molecule has 19 heavy (non-hydrogen) atoms. The normalized spacial score (nSPS) is 12.5. The Bertz CT molecular complexity index is 605. The molecule has 0 heterocycles. The third-order valence-electron chi connectivity index (χ3n) is 3.11. The molecule has 0 amide bonds. The highest BCUT2D eigenvalue weighted by Crippen LogP contribution is 2.30. The Labute approximate surface area is 125 Å². The molecule has 0 saturated heterocycles. The molecule has 0 radical (unpaired) electrons. The summed E-state index contributed by atoms with van der Waals surface area (Å²) in [6.07, 6.45) is 0. The van der Waals surface area contributed by atoms with Crippen LogP contribution in [0.1, 0.15) is 28.3 Å². The molecule has 1 atom stereocenters. The zero-order valence-corrected chi connectivity index (χ0v) is 13.0. The van der Waals surface area contributed by atoms with Gasteiger partial charge in [0.2, 0.25) is 0 Å². The number of halogens is 3. The molecule has 0 saturated carbocycles. The van der Waals surface area contributed by atoms with Crippen molar-refractivity contribution in [3.8, 4) is 0 Å². The van der Waals surface area contributed by atoms with Gasteiger partial charge in [-0.25, -0.2) is 4.39 Å². The smallest absolute Gasteiger partial charge is 0.129 e. The van der Waals surface area contributed by atoms with Crippen LogP contribution in [0.2, 0.25) is 5.02 Å². The van der Waals surface area contributed by atoms with Crippen LogP contribution in [0.3, 0.4) is 0 Å². The van der Waals surface area contributed by atoms with Crippen molar-refractivity contribution in [1.29, 1.82) is 0 Å². The zero-order chi connectivity index (χ0) is 14.2. The van der Waals surface area contributed by atoms with Crippen LogP contribution in [-0.2, 0) is 0 Å². The van der Waals surface area contributed by atoms with E-state index in [1.54, 1.807) is 32.0 Å². The van der Waals surface area contributed by atoms with E-state index < -0.39 is 0 Å². The van der Waals surface area contributed by atoms with E-state index in [4.69, 9.17) is 17.3 Å². The number of nitrogens with two attached hydrogens (primary N) is 1. The number of hydrogen-bond acceptors (Lipinski definition) is 1. The minimum atomic E-state index is -0.372. The highest BCUT2D eigenvalue weighted by Gasteiger charge is 2.15. The highest BCUT2D eigenvalue weighted by molar-refractivity contribution is 9.10. The molecule has 2 rings (SSSR count). The molecule has 2 aromatic rings. The molecule has 1 unspecified atom stereocenters. The van der Waals surface area contributed by atoms with Crippen molar-refractivity contribution in [2.75, 3.05) is 0 Å². The maximum Gasteiger partial charge on any atom is 0.129 e. The predicted octanol–water partition coefficient (Wildman–Crippen LogP) is 4.91. The quantitative estimate of drug-likeness (QED) is 0.825. The van der Waals surface area contributed by atoms with Gasteiger partial charge < -0.3 is 5.73 Å². The van der Waals surface area contributed by atoms with Gasteiger partial charge in [0, 0.05) is 9.50 Å². The molecule has 0 fully saturated rings. The largest absolute Gasteiger partial charge is 0.320 e. The van der Waals surface area contributed by atoms with Gasteiger partial charge in [0.1, 0.15) is 5.82 Å². The average Bonchev–Trinajstić information content (AvgIpc) is 2.37. The monoisotopic (exact) mass is 341 g/mol. The Morgan fingerprint density at radius 2 is 1.74 bits per heavy atom. The van der Waals surface area contributed by atoms with Gasteiger partial charge in [-0.15, -0.1) is 0 Å². The second-order valence-corrected chi connectivity index (χ2v) is 5.94. The molecule has 0 spiro atoms. The number of rotatable bonds is 2. The summed E-state index contributed by atoms with van der Waals surface area (Å²) in [5, 5.41) is 0.607. The Morgan fingerprint density at radius 3 is 2.32 bits per heavy atom. The molecule has 1 nitrogen and oxygen atoms in total. The summed E-state index contributed by atoms with van der Waals surface area (Å²) in [5.74, 6) is -0.184. The molecule has 100 valence electrons. The minimum absolute atomic E-state index is 0.184. The molecule has 0 aromatic heterocycles. The number of hydrogen-bond donors (Lipinski definition) is 1. The van der Waals surface area contributed by atoms with Crippen molar-refractivity contribution in [2.45, 2.75) is 19.9 Å². The third-order valence-corrected chi connectivity index (χ3v) is 3.95. The van der Waals surface area contributed by atoms with Crippen LogP contribution >= 0.6 is 27.5 Å². The van der Waals surface area contributed by atoms with Crippen LogP contribution in [0.5, 0.6) is 0 Å². The van der Waals surface area contributed by atoms with E-state index in [1.165, 1.54) is 0 Å². The van der Waals surface area contributed by atoms with E-state index in [0.717, 1.165) is 15.6 Å². The van der Waals surface area contributed by atoms with Crippen molar-refractivity contribution < 1.29 is 4.39 Å². The lowest BCUT2D eigenvalue weighted by molar-refractivity contribution is 0.607. The van der Waals surface area contributed by atoms with E-state index in [1.807, 2.05) is 12.1 Å². The van der Waals surface area contributed by atoms with Gasteiger partial charge in [0.05, 0.1) is 6.04 Å². The van der Waals surface area contributed by atoms with Crippen molar-refractivity contribution in [3.63, 3.8) is 0 Å². The summed E-state index contributed by atoms with van der Waals surface area (Å²) < 4.78 is 14.6. The van der Waals surface area contributed by atoms with Gasteiger partial charge in [-0.05, 0) is 54.3 Å². The third kappa shape index (κ3) is 2.99. The Kier molecular flexibility index (Phi) is 4.29. The minimum Gasteiger partial charge on any atom is -0.320 e. The average molecular weight is 343 g/mol. The predicted molar refractivity (Wildman–Crippen MR) is 81.1 cm³/mol. The first-order chi connectivity index (χ1) is 8.90. The molecule has 2 N–H and O–H groups in total. The fourth-order valence-electron chi connectivity index (χ4n) is 2.09. The number of benzene rings is 2. The lowest BCUT2D eigenvalue weighted by atomic mass is 9.96. The summed E-state index contributed by atoms with van der Waals surface area (Å²) in [6, 6.07) is 8.71. The number of aryl methyl sites for hydroxylation is 2. The lowest BCUT2D eigenvalue weighted by Crippen LogP contribution is -2.13. The van der Waals surface area contributed by atoms with Crippen LogP contribution in [0, 0.1) is 19.7 Å². The van der Waals surface area contributed by atoms with Crippen LogP contribution in [0.25, 0.3) is 0 Å². The summed E-state index contributed by atoms with van der Waals surface area (Å²) in [6.45, 7) is 3.47. The second kappa shape index (κ2) is 5.61. The summed E-state index contributed by atoms with van der Waals surface area (Å²) >= 11 is 9.58. The molecule has 2 aromatic carbocycles. The maximum atomic E-state index is 13.6. The summed E-state index contributed by atoms with van der Waals surface area (Å²) in [5.41, 5.74) is 9.11. The lowest BCUT2D eigenvalue weighted by Gasteiger charge is -2.16. The van der Waals surface area contributed by atoms with E-state index >= 15 is 0 Å². The topological polar surface area (TPSA) is 26.0 Å². The van der Waals surface area contributed by atoms with Crippen LogP contribution in [-0.4, -0.2) is 0 Å². The van der Waals surface area contributed by atoms with Crippen molar-refractivity contribution in [1.82, 2.24) is 0 Å². The van der Waals surface area contributed by atoms with E-state index in [-0.39, 0.29) is 11.9 Å². The van der Waals surface area contributed by atoms with Crippen LogP contribution < -0.4 is 5.73 Å². The first-order valence-electron chi connectivity index (χ1n) is 5.87. The van der Waals surface area contributed by atoms with Gasteiger partial charge in [-0.1, -0.05) is 39.7 Å². The van der Waals surface area contributed by atoms with Crippen molar-refractivity contribution in [3.05, 3.63) is 67.9 Å². The van der Waals surface area contributed by atoms with E-state index in [9.17, 15) is 4.39 Å². The molecule has 0 aliphatic carbocycles. The fourth-order valence-corrected chi connectivity index (χ4v) is 2.71. The first-order valence-corrected chi connectivity index (χ1v) is 7.04. The maximum absolute atomic E-state index is 13.6. The van der Waals surface area contributed by atoms with Crippen LogP contribution in [0.15, 0.2) is 34.8 Å². The van der Waals surface area contributed by atoms with E-state index in [0.29, 0.717) is 16.1 Å². The van der Waals surface area contributed by atoms with E-state index in [2.05, 4.69) is 15.9 Å². The van der Waals surface area contributed by atoms with Crippen LogP contribution in [0.4, 0.5) is 4.39 Å². The van der Waals surface area contributed by atoms with Gasteiger partial charge in [-0.3, -0.25) is 0 Å². The summed E-state index contributed by atoms with van der Waals surface area (Å²) in [4.78, 5) is 0. The van der Waals surface area contributed by atoms with Gasteiger partial charge in [0.25, 0.3) is 0 Å². The van der Waals surface area contributed by atoms with Gasteiger partial charge in [0.15, 0.2) is 0 Å². The van der Waals surface area contributed by atoms with Gasteiger partial charge in [-0.2, -0.15) is 0 Å². The van der Waals surface area contributed by atoms with Crippen molar-refractivity contribution in [2.24, 2.45) is 5.73 Å². The Balaban J connectivity index is 2.49. The molecule has 0 aliphatic rings. The first kappa shape index (κ1) is 14.5. The Hall–Kier alpha value is -0.900. The standard InChI is InChI=1S/C15H14BrClFN/c1-8-5-10(6-9(2)14(8)18)15(19)12-7-11(16)3-4-13(12)17/h3-7,15H,19H2,1-2H3. The molecule has 0 aliphatic heterocycles. The zero-order valence-electron chi connectivity index (χ0n) is 10.7. The second-order valence-electron chi connectivity index (χ2n) is 4.61. The summed E-state index contributed by atoms with van der Waals surface area (Å²) in [7, 11) is 0. The molecular formula is C15H14BrClFN. The molecule has 4 heteroatoms. The molecular weight excluding hydrogens is 329 g/mol. The highest BCUT2D eigenvalue weighted by atomic mass is 79.9. The SMILES string of the molecule is Cc1cc(C(N)c2cc(Br)ccc2Cl)cc(C)c1F.